The maximum absolute atomic E-state index is 5.63. The van der Waals surface area contributed by atoms with Crippen LogP contribution in [0.15, 0.2) is 17.5 Å². The molecule has 1 heterocycles. The lowest BCUT2D eigenvalue weighted by Crippen LogP contribution is -2.43. The minimum absolute atomic E-state index is 0.278. The molecule has 0 bridgehead atoms. The molecule has 1 fully saturated rings. The van der Waals surface area contributed by atoms with Crippen LogP contribution in [0.1, 0.15) is 37.5 Å². The lowest BCUT2D eigenvalue weighted by molar-refractivity contribution is -0.0712. The zero-order chi connectivity index (χ0) is 12.1. The van der Waals surface area contributed by atoms with E-state index in [4.69, 9.17) is 9.47 Å². The normalized spacial score (nSPS) is 19.2. The van der Waals surface area contributed by atoms with Crippen LogP contribution < -0.4 is 0 Å². The molecule has 0 radical (unpaired) electrons. The topological polar surface area (TPSA) is 18.5 Å². The Bertz CT molecular complexity index is 305. The van der Waals surface area contributed by atoms with Gasteiger partial charge >= 0.3 is 0 Å². The number of thiophene rings is 1. The van der Waals surface area contributed by atoms with Crippen molar-refractivity contribution in [1.82, 2.24) is 0 Å². The van der Waals surface area contributed by atoms with E-state index >= 15 is 0 Å². The van der Waals surface area contributed by atoms with E-state index in [1.165, 1.54) is 17.7 Å². The summed E-state index contributed by atoms with van der Waals surface area (Å²) in [5.41, 5.74) is 0.278. The van der Waals surface area contributed by atoms with Gasteiger partial charge in [0, 0.05) is 23.5 Å². The zero-order valence-corrected chi connectivity index (χ0v) is 11.6. The zero-order valence-electron chi connectivity index (χ0n) is 10.8. The SMILES string of the molecule is CCOCC1(COCC)CC(c2cccs2)C1. The van der Waals surface area contributed by atoms with Crippen molar-refractivity contribution in [2.24, 2.45) is 5.41 Å². The van der Waals surface area contributed by atoms with E-state index in [0.717, 1.165) is 32.3 Å². The third kappa shape index (κ3) is 3.09. The average Bonchev–Trinajstić information content (AvgIpc) is 2.80. The standard InChI is InChI=1S/C14H22O2S/c1-3-15-10-14(11-16-4-2)8-12(9-14)13-6-5-7-17-13/h5-7,12H,3-4,8-11H2,1-2H3. The van der Waals surface area contributed by atoms with E-state index < -0.39 is 0 Å². The summed E-state index contributed by atoms with van der Waals surface area (Å²) in [6.07, 6.45) is 2.43. The molecular weight excluding hydrogens is 232 g/mol. The van der Waals surface area contributed by atoms with Crippen molar-refractivity contribution in [3.05, 3.63) is 22.4 Å². The van der Waals surface area contributed by atoms with Gasteiger partial charge in [0.2, 0.25) is 0 Å². The molecule has 1 aliphatic rings. The van der Waals surface area contributed by atoms with Crippen LogP contribution in [-0.4, -0.2) is 26.4 Å². The molecule has 3 heteroatoms. The third-order valence-electron chi connectivity index (χ3n) is 3.53. The molecule has 1 aromatic rings. The second kappa shape index (κ2) is 5.98. The molecule has 0 amide bonds. The minimum atomic E-state index is 0.278. The van der Waals surface area contributed by atoms with Crippen LogP contribution in [0.25, 0.3) is 0 Å². The van der Waals surface area contributed by atoms with Gasteiger partial charge in [-0.25, -0.2) is 0 Å². The fraction of sp³-hybridized carbons (Fsp3) is 0.714. The molecular formula is C14H22O2S. The smallest absolute Gasteiger partial charge is 0.0544 e. The van der Waals surface area contributed by atoms with E-state index in [0.29, 0.717) is 0 Å². The van der Waals surface area contributed by atoms with Crippen LogP contribution >= 0.6 is 11.3 Å². The molecule has 0 spiro atoms. The van der Waals surface area contributed by atoms with Crippen molar-refractivity contribution in [2.45, 2.75) is 32.6 Å². The summed E-state index contributed by atoms with van der Waals surface area (Å²) in [4.78, 5) is 1.52. The van der Waals surface area contributed by atoms with Crippen molar-refractivity contribution < 1.29 is 9.47 Å². The number of rotatable bonds is 7. The first kappa shape index (κ1) is 13.1. The van der Waals surface area contributed by atoms with Gasteiger partial charge in [-0.15, -0.1) is 11.3 Å². The summed E-state index contributed by atoms with van der Waals surface area (Å²) in [5, 5.41) is 2.17. The molecule has 1 saturated carbocycles. The molecule has 0 aliphatic heterocycles. The lowest BCUT2D eigenvalue weighted by Gasteiger charge is -2.47. The lowest BCUT2D eigenvalue weighted by atomic mass is 9.62. The first-order valence-corrected chi connectivity index (χ1v) is 7.36. The Morgan fingerprint density at radius 3 is 2.35 bits per heavy atom. The molecule has 0 aromatic carbocycles. The van der Waals surface area contributed by atoms with Crippen molar-refractivity contribution in [2.75, 3.05) is 26.4 Å². The number of hydrogen-bond donors (Lipinski definition) is 0. The predicted molar refractivity (Wildman–Crippen MR) is 71.7 cm³/mol. The molecule has 2 nitrogen and oxygen atoms in total. The third-order valence-corrected chi connectivity index (χ3v) is 4.56. The number of ether oxygens (including phenoxy) is 2. The maximum Gasteiger partial charge on any atom is 0.0544 e. The Morgan fingerprint density at radius 1 is 1.24 bits per heavy atom. The largest absolute Gasteiger partial charge is 0.381 e. The fourth-order valence-corrected chi connectivity index (χ4v) is 3.46. The molecule has 96 valence electrons. The van der Waals surface area contributed by atoms with Gasteiger partial charge in [-0.3, -0.25) is 0 Å². The van der Waals surface area contributed by atoms with Crippen LogP contribution in [0, 0.1) is 5.41 Å². The Morgan fingerprint density at radius 2 is 1.88 bits per heavy atom. The Kier molecular flexibility index (Phi) is 4.60. The van der Waals surface area contributed by atoms with Gasteiger partial charge in [0.15, 0.2) is 0 Å². The van der Waals surface area contributed by atoms with E-state index in [-0.39, 0.29) is 5.41 Å². The summed E-state index contributed by atoms with van der Waals surface area (Å²) in [7, 11) is 0. The van der Waals surface area contributed by atoms with Crippen LogP contribution in [-0.2, 0) is 9.47 Å². The Balaban J connectivity index is 1.88. The summed E-state index contributed by atoms with van der Waals surface area (Å²) < 4.78 is 11.3. The van der Waals surface area contributed by atoms with E-state index in [9.17, 15) is 0 Å². The first-order chi connectivity index (χ1) is 8.29. The minimum Gasteiger partial charge on any atom is -0.381 e. The van der Waals surface area contributed by atoms with Gasteiger partial charge in [-0.2, -0.15) is 0 Å². The second-order valence-electron chi connectivity index (χ2n) is 4.89. The predicted octanol–water partition coefficient (Wildman–Crippen LogP) is 3.68. The summed E-state index contributed by atoms with van der Waals surface area (Å²) in [6, 6.07) is 4.39. The van der Waals surface area contributed by atoms with Crippen molar-refractivity contribution in [3.63, 3.8) is 0 Å². The first-order valence-electron chi connectivity index (χ1n) is 6.48. The van der Waals surface area contributed by atoms with E-state index in [2.05, 4.69) is 31.4 Å². The average molecular weight is 254 g/mol. The quantitative estimate of drug-likeness (QED) is 0.739. The molecule has 0 unspecified atom stereocenters. The molecule has 1 aromatic heterocycles. The highest BCUT2D eigenvalue weighted by atomic mass is 32.1. The second-order valence-corrected chi connectivity index (χ2v) is 5.87. The molecule has 0 N–H and O–H groups in total. The van der Waals surface area contributed by atoms with Gasteiger partial charge in [0.25, 0.3) is 0 Å². The van der Waals surface area contributed by atoms with Crippen molar-refractivity contribution in [3.8, 4) is 0 Å². The van der Waals surface area contributed by atoms with E-state index in [1.54, 1.807) is 0 Å². The van der Waals surface area contributed by atoms with Gasteiger partial charge in [-0.1, -0.05) is 6.07 Å². The fourth-order valence-electron chi connectivity index (χ4n) is 2.62. The van der Waals surface area contributed by atoms with Crippen LogP contribution in [0.3, 0.4) is 0 Å². The highest BCUT2D eigenvalue weighted by Crippen LogP contribution is 2.52. The molecule has 0 saturated heterocycles. The monoisotopic (exact) mass is 254 g/mol. The highest BCUT2D eigenvalue weighted by molar-refractivity contribution is 7.10. The maximum atomic E-state index is 5.63. The molecule has 2 rings (SSSR count). The van der Waals surface area contributed by atoms with E-state index in [1.807, 2.05) is 11.3 Å². The van der Waals surface area contributed by atoms with Crippen LogP contribution in [0.2, 0.25) is 0 Å². The number of hydrogen-bond acceptors (Lipinski definition) is 3. The summed E-state index contributed by atoms with van der Waals surface area (Å²) in [5.74, 6) is 0.732. The Labute approximate surface area is 108 Å². The summed E-state index contributed by atoms with van der Waals surface area (Å²) in [6.45, 7) is 7.43. The molecule has 0 atom stereocenters. The van der Waals surface area contributed by atoms with Crippen molar-refractivity contribution >= 4 is 11.3 Å². The van der Waals surface area contributed by atoms with Crippen LogP contribution in [0.4, 0.5) is 0 Å². The molecule has 17 heavy (non-hydrogen) atoms. The highest BCUT2D eigenvalue weighted by Gasteiger charge is 2.45. The molecule has 1 aliphatic carbocycles. The van der Waals surface area contributed by atoms with Crippen molar-refractivity contribution in [1.29, 1.82) is 0 Å². The summed E-state index contributed by atoms with van der Waals surface area (Å²) >= 11 is 1.87. The van der Waals surface area contributed by atoms with Gasteiger partial charge in [0.05, 0.1) is 13.2 Å². The van der Waals surface area contributed by atoms with Crippen LogP contribution in [0.5, 0.6) is 0 Å². The Hall–Kier alpha value is -0.380. The van der Waals surface area contributed by atoms with Gasteiger partial charge in [0.1, 0.15) is 0 Å². The van der Waals surface area contributed by atoms with Gasteiger partial charge in [-0.05, 0) is 44.1 Å². The van der Waals surface area contributed by atoms with Gasteiger partial charge < -0.3 is 9.47 Å².